The average molecular weight is 190 g/mol. The van der Waals surface area contributed by atoms with E-state index in [1.54, 1.807) is 6.92 Å². The summed E-state index contributed by atoms with van der Waals surface area (Å²) in [6.45, 7) is 2.31. The Kier molecular flexibility index (Phi) is 3.39. The van der Waals surface area contributed by atoms with E-state index in [9.17, 15) is 4.79 Å². The highest BCUT2D eigenvalue weighted by molar-refractivity contribution is 6.18. The Hall–Kier alpha value is -0.240. The second-order valence-electron chi connectivity index (χ2n) is 3.75. The molecule has 0 bridgehead atoms. The maximum atomic E-state index is 10.7. The molecule has 1 saturated carbocycles. The Morgan fingerprint density at radius 2 is 2.08 bits per heavy atom. The van der Waals surface area contributed by atoms with E-state index >= 15 is 0 Å². The van der Waals surface area contributed by atoms with E-state index in [1.165, 1.54) is 12.8 Å². The van der Waals surface area contributed by atoms with Gasteiger partial charge in [0, 0.05) is 24.8 Å². The van der Waals surface area contributed by atoms with Crippen LogP contribution < -0.4 is 5.32 Å². The zero-order chi connectivity index (χ0) is 9.03. The number of halogens is 1. The van der Waals surface area contributed by atoms with Crippen molar-refractivity contribution in [2.24, 2.45) is 5.41 Å². The van der Waals surface area contributed by atoms with Crippen LogP contribution >= 0.6 is 11.6 Å². The van der Waals surface area contributed by atoms with Crippen molar-refractivity contribution >= 4 is 17.5 Å². The van der Waals surface area contributed by atoms with Crippen molar-refractivity contribution in [2.45, 2.75) is 32.6 Å². The fourth-order valence-electron chi connectivity index (χ4n) is 1.79. The molecule has 0 atom stereocenters. The monoisotopic (exact) mass is 189 g/mol. The zero-order valence-corrected chi connectivity index (χ0v) is 8.28. The largest absolute Gasteiger partial charge is 0.356 e. The maximum Gasteiger partial charge on any atom is 0.216 e. The van der Waals surface area contributed by atoms with Gasteiger partial charge >= 0.3 is 0 Å². The van der Waals surface area contributed by atoms with Gasteiger partial charge in [0.05, 0.1) is 0 Å². The van der Waals surface area contributed by atoms with Crippen molar-refractivity contribution in [1.82, 2.24) is 5.32 Å². The number of hydrogen-bond donors (Lipinski definition) is 1. The van der Waals surface area contributed by atoms with E-state index in [0.29, 0.717) is 5.88 Å². The van der Waals surface area contributed by atoms with Gasteiger partial charge in [0.25, 0.3) is 0 Å². The minimum absolute atomic E-state index is 0.0476. The summed E-state index contributed by atoms with van der Waals surface area (Å²) in [5.41, 5.74) is 0.202. The molecule has 0 heterocycles. The first-order valence-electron chi connectivity index (χ1n) is 4.49. The highest BCUT2D eigenvalue weighted by Crippen LogP contribution is 2.38. The first-order chi connectivity index (χ1) is 5.68. The molecule has 0 aromatic carbocycles. The summed E-state index contributed by atoms with van der Waals surface area (Å²) < 4.78 is 0. The molecule has 1 N–H and O–H groups in total. The predicted molar refractivity (Wildman–Crippen MR) is 50.3 cm³/mol. The Morgan fingerprint density at radius 3 is 2.50 bits per heavy atom. The molecule has 1 amide bonds. The minimum Gasteiger partial charge on any atom is -0.356 e. The molecule has 1 rings (SSSR count). The number of carbonyl (C=O) groups excluding carboxylic acids is 1. The first kappa shape index (κ1) is 9.85. The fourth-order valence-corrected chi connectivity index (χ4v) is 2.16. The van der Waals surface area contributed by atoms with Crippen molar-refractivity contribution in [3.05, 3.63) is 0 Å². The van der Waals surface area contributed by atoms with E-state index in [4.69, 9.17) is 11.6 Å². The van der Waals surface area contributed by atoms with Gasteiger partial charge in [-0.1, -0.05) is 12.8 Å². The lowest BCUT2D eigenvalue weighted by atomic mass is 9.88. The van der Waals surface area contributed by atoms with Crippen LogP contribution in [0.1, 0.15) is 32.6 Å². The molecule has 1 aliphatic rings. The van der Waals surface area contributed by atoms with Crippen LogP contribution in [0.2, 0.25) is 0 Å². The summed E-state index contributed by atoms with van der Waals surface area (Å²) in [4.78, 5) is 10.7. The molecule has 1 fully saturated rings. The third-order valence-electron chi connectivity index (χ3n) is 2.66. The van der Waals surface area contributed by atoms with Crippen molar-refractivity contribution in [3.63, 3.8) is 0 Å². The number of alkyl halides is 1. The smallest absolute Gasteiger partial charge is 0.216 e. The molecular formula is C9H16ClNO. The second kappa shape index (κ2) is 4.13. The zero-order valence-electron chi connectivity index (χ0n) is 7.53. The fraction of sp³-hybridized carbons (Fsp3) is 0.889. The van der Waals surface area contributed by atoms with Crippen LogP contribution in [0.5, 0.6) is 0 Å². The lowest BCUT2D eigenvalue weighted by Gasteiger charge is -2.25. The molecule has 70 valence electrons. The highest BCUT2D eigenvalue weighted by Gasteiger charge is 2.32. The van der Waals surface area contributed by atoms with Gasteiger partial charge < -0.3 is 5.32 Å². The van der Waals surface area contributed by atoms with Crippen LogP contribution in [0.3, 0.4) is 0 Å². The molecule has 2 nitrogen and oxygen atoms in total. The molecule has 0 aromatic heterocycles. The van der Waals surface area contributed by atoms with E-state index in [0.717, 1.165) is 19.4 Å². The van der Waals surface area contributed by atoms with Crippen molar-refractivity contribution < 1.29 is 4.79 Å². The third kappa shape index (κ3) is 2.37. The number of hydrogen-bond acceptors (Lipinski definition) is 1. The summed E-state index contributed by atoms with van der Waals surface area (Å²) in [7, 11) is 0. The first-order valence-corrected chi connectivity index (χ1v) is 5.02. The molecule has 1 aliphatic carbocycles. The van der Waals surface area contributed by atoms with E-state index in [-0.39, 0.29) is 11.3 Å². The standard InChI is InChI=1S/C9H16ClNO/c1-8(12)11-7-9(6-10)4-2-3-5-9/h2-7H2,1H3,(H,11,12). The van der Waals surface area contributed by atoms with Crippen LogP contribution in [0.4, 0.5) is 0 Å². The second-order valence-corrected chi connectivity index (χ2v) is 4.02. The van der Waals surface area contributed by atoms with Crippen LogP contribution in [0.25, 0.3) is 0 Å². The van der Waals surface area contributed by atoms with Crippen molar-refractivity contribution in [2.75, 3.05) is 12.4 Å². The van der Waals surface area contributed by atoms with Gasteiger partial charge in [-0.05, 0) is 12.8 Å². The summed E-state index contributed by atoms with van der Waals surface area (Å²) in [5, 5.41) is 2.86. The van der Waals surface area contributed by atoms with Crippen molar-refractivity contribution in [1.29, 1.82) is 0 Å². The average Bonchev–Trinajstić information content (AvgIpc) is 2.50. The minimum atomic E-state index is 0.0476. The van der Waals surface area contributed by atoms with Gasteiger partial charge in [-0.15, -0.1) is 11.6 Å². The third-order valence-corrected chi connectivity index (χ3v) is 3.23. The van der Waals surface area contributed by atoms with Gasteiger partial charge in [0.1, 0.15) is 0 Å². The Balaban J connectivity index is 2.39. The van der Waals surface area contributed by atoms with E-state index in [1.807, 2.05) is 0 Å². The van der Waals surface area contributed by atoms with Crippen LogP contribution in [0.15, 0.2) is 0 Å². The Bertz CT molecular complexity index is 164. The number of rotatable bonds is 3. The molecule has 0 spiro atoms. The molecule has 0 radical (unpaired) electrons. The lowest BCUT2D eigenvalue weighted by Crippen LogP contribution is -2.35. The summed E-state index contributed by atoms with van der Waals surface area (Å²) >= 11 is 5.90. The van der Waals surface area contributed by atoms with Gasteiger partial charge in [0.2, 0.25) is 5.91 Å². The summed E-state index contributed by atoms with van der Waals surface area (Å²) in [6, 6.07) is 0. The lowest BCUT2D eigenvalue weighted by molar-refractivity contribution is -0.119. The molecule has 0 aliphatic heterocycles. The van der Waals surface area contributed by atoms with Crippen molar-refractivity contribution in [3.8, 4) is 0 Å². The van der Waals surface area contributed by atoms with Gasteiger partial charge in [-0.2, -0.15) is 0 Å². The van der Waals surface area contributed by atoms with Crippen LogP contribution in [0, 0.1) is 5.41 Å². The summed E-state index contributed by atoms with van der Waals surface area (Å²) in [6.07, 6.45) is 4.84. The molecule has 0 saturated heterocycles. The van der Waals surface area contributed by atoms with E-state index in [2.05, 4.69) is 5.32 Å². The molecular weight excluding hydrogens is 174 g/mol. The predicted octanol–water partition coefficient (Wildman–Crippen LogP) is 1.92. The Labute approximate surface area is 78.7 Å². The van der Waals surface area contributed by atoms with Gasteiger partial charge in [-0.25, -0.2) is 0 Å². The summed E-state index contributed by atoms with van der Waals surface area (Å²) in [5.74, 6) is 0.721. The maximum absolute atomic E-state index is 10.7. The molecule has 0 aromatic rings. The van der Waals surface area contributed by atoms with Gasteiger partial charge in [-0.3, -0.25) is 4.79 Å². The van der Waals surface area contributed by atoms with Crippen LogP contribution in [-0.4, -0.2) is 18.3 Å². The number of carbonyl (C=O) groups is 1. The molecule has 12 heavy (non-hydrogen) atoms. The normalized spacial score (nSPS) is 20.8. The van der Waals surface area contributed by atoms with Crippen LogP contribution in [-0.2, 0) is 4.79 Å². The number of nitrogens with one attached hydrogen (secondary N) is 1. The Morgan fingerprint density at radius 1 is 1.50 bits per heavy atom. The SMILES string of the molecule is CC(=O)NCC1(CCl)CCCC1. The number of amides is 1. The topological polar surface area (TPSA) is 29.1 Å². The van der Waals surface area contributed by atoms with Gasteiger partial charge in [0.15, 0.2) is 0 Å². The quantitative estimate of drug-likeness (QED) is 0.676. The molecule has 0 unspecified atom stereocenters. The highest BCUT2D eigenvalue weighted by atomic mass is 35.5. The van der Waals surface area contributed by atoms with E-state index < -0.39 is 0 Å². The molecule has 3 heteroatoms.